The van der Waals surface area contributed by atoms with Gasteiger partial charge in [-0.25, -0.2) is 0 Å². The maximum Gasteiger partial charge on any atom is 0.200 e. The first-order valence-electron chi connectivity index (χ1n) is 12.6. The van der Waals surface area contributed by atoms with Crippen molar-refractivity contribution in [2.45, 2.75) is 108 Å². The van der Waals surface area contributed by atoms with Crippen LogP contribution in [0, 0.1) is 28.6 Å². The average molecular weight is 445 g/mol. The van der Waals surface area contributed by atoms with E-state index in [4.69, 9.17) is 4.43 Å². The summed E-state index contributed by atoms with van der Waals surface area (Å²) in [6.07, 6.45) is 12.7. The third-order valence-electron chi connectivity index (χ3n) is 11.1. The quantitative estimate of drug-likeness (QED) is 0.392. The van der Waals surface area contributed by atoms with Gasteiger partial charge in [-0.05, 0) is 82.2 Å². The zero-order valence-corrected chi connectivity index (χ0v) is 21.5. The first-order chi connectivity index (χ1) is 14.4. The summed E-state index contributed by atoms with van der Waals surface area (Å²) in [5.74, 6) is 1.94. The zero-order valence-electron chi connectivity index (χ0n) is 20.5. The average Bonchev–Trinajstić information content (AvgIpc) is 3.03. The van der Waals surface area contributed by atoms with Crippen LogP contribution in [0.15, 0.2) is 25.3 Å². The highest BCUT2D eigenvalue weighted by Gasteiger charge is 2.67. The molecule has 0 radical (unpaired) electrons. The molecule has 1 N–H and O–H groups in total. The number of hydrogen-bond acceptors (Lipinski definition) is 3. The number of allylic oxidation sites excluding steroid dienone is 2. The Balaban J connectivity index is 1.71. The Morgan fingerprint density at radius 2 is 1.74 bits per heavy atom. The van der Waals surface area contributed by atoms with Gasteiger partial charge >= 0.3 is 0 Å². The van der Waals surface area contributed by atoms with Crippen LogP contribution < -0.4 is 0 Å². The Kier molecular flexibility index (Phi) is 5.59. The van der Waals surface area contributed by atoms with Crippen molar-refractivity contribution in [3.05, 3.63) is 25.3 Å². The lowest BCUT2D eigenvalue weighted by atomic mass is 9.43. The molecule has 3 nitrogen and oxygen atoms in total. The number of carbonyl (C=O) groups is 1. The number of Topliss-reactive ketones (excluding diaryl/α,β-unsaturated/α-hetero) is 1. The predicted molar refractivity (Wildman–Crippen MR) is 129 cm³/mol. The Morgan fingerprint density at radius 1 is 1.06 bits per heavy atom. The molecule has 1 unspecified atom stereocenters. The monoisotopic (exact) mass is 444 g/mol. The zero-order chi connectivity index (χ0) is 22.9. The Morgan fingerprint density at radius 3 is 2.39 bits per heavy atom. The molecular formula is C27H44O3Si. The molecule has 0 amide bonds. The number of aliphatic hydroxyl groups is 1. The van der Waals surface area contributed by atoms with Gasteiger partial charge < -0.3 is 9.53 Å². The van der Waals surface area contributed by atoms with Crippen LogP contribution in [-0.4, -0.2) is 30.9 Å². The van der Waals surface area contributed by atoms with E-state index < -0.39 is 13.9 Å². The SMILES string of the molecule is C=CC(C)(C=C)[Si](C)(C)OC1CCC[C@@]2(O)CC[C@H]3[C@@H]4CCC(=O)[C@@]4(C)CC[C@@H]3[C@@]12C. The molecule has 0 spiro atoms. The van der Waals surface area contributed by atoms with E-state index >= 15 is 0 Å². The van der Waals surface area contributed by atoms with Gasteiger partial charge in [-0.3, -0.25) is 4.79 Å². The lowest BCUT2D eigenvalue weighted by molar-refractivity contribution is -0.237. The normalized spacial score (nSPS) is 45.4. The standard InChI is InChI=1S/C27H44O3Si/c1-8-24(3,9-2)31(6,7)30-23-11-10-16-27(29)18-14-19-20-12-13-22(28)25(20,4)17-15-21(19)26(23,27)5/h8-9,19-21,23,29H,1-2,10-18H2,3-7H3/t19-,20-,21-,23?,25-,26-,27+/m0/s1. The fourth-order valence-electron chi connectivity index (χ4n) is 8.28. The van der Waals surface area contributed by atoms with Crippen LogP contribution in [0.1, 0.15) is 78.6 Å². The maximum absolute atomic E-state index is 12.8. The lowest BCUT2D eigenvalue weighted by Crippen LogP contribution is -2.67. The minimum Gasteiger partial charge on any atom is -0.413 e. The highest BCUT2D eigenvalue weighted by molar-refractivity contribution is 6.75. The van der Waals surface area contributed by atoms with Crippen molar-refractivity contribution in [2.75, 3.05) is 0 Å². The van der Waals surface area contributed by atoms with Crippen LogP contribution in [0.2, 0.25) is 18.1 Å². The van der Waals surface area contributed by atoms with Gasteiger partial charge in [-0.2, -0.15) is 0 Å². The summed E-state index contributed by atoms with van der Waals surface area (Å²) >= 11 is 0. The molecule has 0 bridgehead atoms. The van der Waals surface area contributed by atoms with Crippen molar-refractivity contribution >= 4 is 14.1 Å². The van der Waals surface area contributed by atoms with E-state index in [1.165, 1.54) is 0 Å². The molecule has 4 rings (SSSR count). The number of hydrogen-bond donors (Lipinski definition) is 1. The van der Waals surface area contributed by atoms with Gasteiger partial charge in [-0.15, -0.1) is 13.2 Å². The van der Waals surface area contributed by atoms with Gasteiger partial charge in [-0.1, -0.05) is 32.9 Å². The van der Waals surface area contributed by atoms with Gasteiger partial charge in [0.05, 0.1) is 11.7 Å². The third-order valence-corrected chi connectivity index (χ3v) is 15.0. The van der Waals surface area contributed by atoms with E-state index in [9.17, 15) is 9.90 Å². The van der Waals surface area contributed by atoms with Crippen LogP contribution in [0.25, 0.3) is 0 Å². The molecule has 0 heterocycles. The molecule has 7 atom stereocenters. The molecule has 174 valence electrons. The molecule has 4 aliphatic carbocycles. The maximum atomic E-state index is 12.8. The summed E-state index contributed by atoms with van der Waals surface area (Å²) in [4.78, 5) is 12.8. The summed E-state index contributed by atoms with van der Waals surface area (Å²) in [5.41, 5.74) is -1.04. The van der Waals surface area contributed by atoms with Gasteiger partial charge in [0.2, 0.25) is 0 Å². The summed E-state index contributed by atoms with van der Waals surface area (Å²) in [5, 5.41) is 11.8. The van der Waals surface area contributed by atoms with E-state index in [0.29, 0.717) is 23.5 Å². The number of carbonyl (C=O) groups excluding carboxylic acids is 1. The molecule has 0 aromatic heterocycles. The van der Waals surface area contributed by atoms with Crippen molar-refractivity contribution in [2.24, 2.45) is 28.6 Å². The first-order valence-corrected chi connectivity index (χ1v) is 15.5. The lowest BCUT2D eigenvalue weighted by Gasteiger charge is -2.65. The largest absolute Gasteiger partial charge is 0.413 e. The molecule has 4 saturated carbocycles. The third kappa shape index (κ3) is 3.07. The van der Waals surface area contributed by atoms with Crippen LogP contribution >= 0.6 is 0 Å². The fraction of sp³-hybridized carbons (Fsp3) is 0.815. The van der Waals surface area contributed by atoms with E-state index in [1.807, 2.05) is 12.2 Å². The van der Waals surface area contributed by atoms with Gasteiger partial charge in [0.15, 0.2) is 8.32 Å². The van der Waals surface area contributed by atoms with Crippen molar-refractivity contribution in [3.8, 4) is 0 Å². The van der Waals surface area contributed by atoms with Crippen LogP contribution in [0.4, 0.5) is 0 Å². The second-order valence-electron chi connectivity index (χ2n) is 12.3. The van der Waals surface area contributed by atoms with Gasteiger partial charge in [0.1, 0.15) is 5.78 Å². The Hall–Kier alpha value is -0.713. The van der Waals surface area contributed by atoms with Crippen molar-refractivity contribution in [3.63, 3.8) is 0 Å². The van der Waals surface area contributed by atoms with Crippen LogP contribution in [0.3, 0.4) is 0 Å². The fourth-order valence-corrected chi connectivity index (χ4v) is 10.6. The molecule has 31 heavy (non-hydrogen) atoms. The summed E-state index contributed by atoms with van der Waals surface area (Å²) in [6, 6.07) is 0. The summed E-state index contributed by atoms with van der Waals surface area (Å²) < 4.78 is 7.14. The number of fused-ring (bicyclic) bond motifs is 5. The van der Waals surface area contributed by atoms with Crippen LogP contribution in [0.5, 0.6) is 0 Å². The Labute approximate surface area is 190 Å². The summed E-state index contributed by atoms with van der Waals surface area (Å²) in [7, 11) is -2.21. The molecule has 0 aromatic carbocycles. The van der Waals surface area contributed by atoms with Gasteiger partial charge in [0.25, 0.3) is 0 Å². The molecule has 4 aliphatic rings. The minimum atomic E-state index is -2.21. The highest BCUT2D eigenvalue weighted by Crippen LogP contribution is 2.67. The van der Waals surface area contributed by atoms with Gasteiger partial charge in [0, 0.05) is 22.3 Å². The van der Waals surface area contributed by atoms with E-state index in [1.54, 1.807) is 0 Å². The molecular weight excluding hydrogens is 400 g/mol. The smallest absolute Gasteiger partial charge is 0.200 e. The molecule has 4 fully saturated rings. The van der Waals surface area contributed by atoms with Crippen molar-refractivity contribution in [1.29, 1.82) is 0 Å². The highest BCUT2D eigenvalue weighted by atomic mass is 28.4. The summed E-state index contributed by atoms with van der Waals surface area (Å²) in [6.45, 7) is 19.5. The first kappa shape index (κ1) is 23.4. The van der Waals surface area contributed by atoms with Crippen LogP contribution in [-0.2, 0) is 9.22 Å². The Bertz CT molecular complexity index is 766. The molecule has 4 heteroatoms. The second-order valence-corrected chi connectivity index (χ2v) is 16.7. The van der Waals surface area contributed by atoms with E-state index in [0.717, 1.165) is 57.8 Å². The second kappa shape index (κ2) is 7.40. The predicted octanol–water partition coefficient (Wildman–Crippen LogP) is 6.44. The topological polar surface area (TPSA) is 46.5 Å². The number of ketones is 1. The van der Waals surface area contributed by atoms with E-state index in [2.05, 4.69) is 47.0 Å². The van der Waals surface area contributed by atoms with Crippen molar-refractivity contribution in [1.82, 2.24) is 0 Å². The minimum absolute atomic E-state index is 0.0569. The molecule has 0 saturated heterocycles. The molecule has 0 aliphatic heterocycles. The molecule has 0 aromatic rings. The van der Waals surface area contributed by atoms with E-state index in [-0.39, 0.29) is 22.0 Å². The number of rotatable bonds is 5. The van der Waals surface area contributed by atoms with Crippen molar-refractivity contribution < 1.29 is 14.3 Å².